The van der Waals surface area contributed by atoms with Crippen molar-refractivity contribution in [2.24, 2.45) is 0 Å². The highest BCUT2D eigenvalue weighted by Gasteiger charge is 2.20. The third-order valence-electron chi connectivity index (χ3n) is 3.94. The summed E-state index contributed by atoms with van der Waals surface area (Å²) in [4.78, 5) is 21.8. The number of esters is 1. The minimum Gasteiger partial charge on any atom is -0.465 e. The monoisotopic (exact) mass is 416 g/mol. The highest BCUT2D eigenvalue weighted by Crippen LogP contribution is 2.23. The van der Waals surface area contributed by atoms with Crippen LogP contribution in [0.4, 0.5) is 11.5 Å². The zero-order valence-corrected chi connectivity index (χ0v) is 16.2. The molecule has 0 fully saturated rings. The largest absolute Gasteiger partial charge is 0.465 e. The van der Waals surface area contributed by atoms with Crippen LogP contribution in [0, 0.1) is 17.0 Å². The van der Waals surface area contributed by atoms with E-state index < -0.39 is 20.9 Å². The Hall–Kier alpha value is -3.73. The van der Waals surface area contributed by atoms with Crippen molar-refractivity contribution in [3.05, 3.63) is 76.0 Å². The summed E-state index contributed by atoms with van der Waals surface area (Å²) < 4.78 is 34.0. The number of non-ortho nitro benzene ring substituents is 1. The van der Waals surface area contributed by atoms with Crippen LogP contribution in [0.15, 0.2) is 59.5 Å². The van der Waals surface area contributed by atoms with E-state index in [0.29, 0.717) is 11.4 Å². The Kier molecular flexibility index (Phi) is 5.33. The Bertz CT molecular complexity index is 1190. The van der Waals surface area contributed by atoms with E-state index in [2.05, 4.69) is 14.6 Å². The number of hydrogen-bond acceptors (Lipinski definition) is 7. The zero-order chi connectivity index (χ0) is 21.2. The average molecular weight is 416 g/mol. The lowest BCUT2D eigenvalue weighted by molar-refractivity contribution is -0.384. The van der Waals surface area contributed by atoms with E-state index in [1.807, 2.05) is 0 Å². The van der Waals surface area contributed by atoms with Crippen LogP contribution in [0.25, 0.3) is 5.69 Å². The fraction of sp³-hybridized carbons (Fsp3) is 0.111. The number of rotatable bonds is 6. The smallest absolute Gasteiger partial charge is 0.337 e. The lowest BCUT2D eigenvalue weighted by Gasteiger charge is -2.11. The van der Waals surface area contributed by atoms with E-state index in [4.69, 9.17) is 0 Å². The van der Waals surface area contributed by atoms with Gasteiger partial charge in [0, 0.05) is 18.2 Å². The van der Waals surface area contributed by atoms with Crippen molar-refractivity contribution in [3.63, 3.8) is 0 Å². The van der Waals surface area contributed by atoms with Crippen LogP contribution in [0.5, 0.6) is 0 Å². The highest BCUT2D eigenvalue weighted by molar-refractivity contribution is 7.92. The number of sulfonamides is 1. The number of nitrogens with zero attached hydrogens (tertiary/aromatic N) is 3. The summed E-state index contributed by atoms with van der Waals surface area (Å²) in [5.74, 6) is -0.520. The molecule has 0 amide bonds. The maximum absolute atomic E-state index is 12.8. The van der Waals surface area contributed by atoms with E-state index in [1.54, 1.807) is 6.92 Å². The van der Waals surface area contributed by atoms with Gasteiger partial charge in [-0.3, -0.25) is 14.8 Å². The first-order chi connectivity index (χ1) is 13.7. The topological polar surface area (TPSA) is 133 Å². The van der Waals surface area contributed by atoms with E-state index in [1.165, 1.54) is 66.4 Å². The lowest BCUT2D eigenvalue weighted by Crippen LogP contribution is -2.16. The highest BCUT2D eigenvalue weighted by atomic mass is 32.2. The number of nitro groups is 1. The number of hydrogen-bond donors (Lipinski definition) is 1. The van der Waals surface area contributed by atoms with Crippen LogP contribution in [0.2, 0.25) is 0 Å². The summed E-state index contributed by atoms with van der Waals surface area (Å²) >= 11 is 0. The van der Waals surface area contributed by atoms with Gasteiger partial charge in [0.2, 0.25) is 0 Å². The molecule has 150 valence electrons. The van der Waals surface area contributed by atoms with Gasteiger partial charge in [-0.15, -0.1) is 0 Å². The third kappa shape index (κ3) is 4.24. The van der Waals surface area contributed by atoms with E-state index in [-0.39, 0.29) is 22.0 Å². The molecule has 0 aliphatic rings. The van der Waals surface area contributed by atoms with Gasteiger partial charge in [0.1, 0.15) is 5.82 Å². The number of nitrogens with one attached hydrogen (secondary N) is 1. The van der Waals surface area contributed by atoms with Gasteiger partial charge in [0.25, 0.3) is 15.7 Å². The van der Waals surface area contributed by atoms with Crippen molar-refractivity contribution in [1.29, 1.82) is 0 Å². The van der Waals surface area contributed by atoms with E-state index in [0.717, 1.165) is 0 Å². The average Bonchev–Trinajstić information content (AvgIpc) is 3.06. The van der Waals surface area contributed by atoms with Gasteiger partial charge < -0.3 is 4.74 Å². The predicted molar refractivity (Wildman–Crippen MR) is 104 cm³/mol. The second kappa shape index (κ2) is 7.72. The molecular formula is C18H16N4O6S. The first kappa shape index (κ1) is 20.0. The van der Waals surface area contributed by atoms with Crippen LogP contribution in [0.1, 0.15) is 16.1 Å². The standard InChI is InChI=1S/C18H16N4O6S/c1-12-10-17(21(19-12)14-6-8-15(9-7-14)22(24)25)20-29(26,27)16-5-3-4-13(11-16)18(23)28-2/h3-11,20H,1-2H3. The van der Waals surface area contributed by atoms with Crippen molar-refractivity contribution in [2.45, 2.75) is 11.8 Å². The Morgan fingerprint density at radius 2 is 1.86 bits per heavy atom. The Morgan fingerprint density at radius 3 is 2.48 bits per heavy atom. The summed E-state index contributed by atoms with van der Waals surface area (Å²) in [6.07, 6.45) is 0. The number of carbonyl (C=O) groups is 1. The van der Waals surface area contributed by atoms with Gasteiger partial charge in [-0.1, -0.05) is 6.07 Å². The van der Waals surface area contributed by atoms with Gasteiger partial charge in [-0.05, 0) is 37.3 Å². The number of ether oxygens (including phenoxy) is 1. The summed E-state index contributed by atoms with van der Waals surface area (Å²) in [5, 5.41) is 15.1. The van der Waals surface area contributed by atoms with Crippen LogP contribution in [-0.4, -0.2) is 36.2 Å². The molecule has 0 saturated heterocycles. The van der Waals surface area contributed by atoms with Gasteiger partial charge in [-0.25, -0.2) is 17.9 Å². The zero-order valence-electron chi connectivity index (χ0n) is 15.4. The Labute approximate surface area is 165 Å². The van der Waals surface area contributed by atoms with E-state index in [9.17, 15) is 23.3 Å². The second-order valence-electron chi connectivity index (χ2n) is 5.98. The van der Waals surface area contributed by atoms with Crippen LogP contribution < -0.4 is 4.72 Å². The van der Waals surface area contributed by atoms with Crippen LogP contribution >= 0.6 is 0 Å². The first-order valence-electron chi connectivity index (χ1n) is 8.24. The maximum atomic E-state index is 12.8. The number of aryl methyl sites for hydroxylation is 1. The first-order valence-corrected chi connectivity index (χ1v) is 9.72. The number of carbonyl (C=O) groups excluding carboxylic acids is 1. The molecule has 0 spiro atoms. The summed E-state index contributed by atoms with van der Waals surface area (Å²) in [7, 11) is -2.84. The Balaban J connectivity index is 1.96. The molecule has 2 aromatic carbocycles. The molecule has 3 aromatic rings. The molecule has 10 nitrogen and oxygen atoms in total. The van der Waals surface area contributed by atoms with Crippen LogP contribution in [-0.2, 0) is 14.8 Å². The number of nitro benzene ring substituents is 1. The van der Waals surface area contributed by atoms with Gasteiger partial charge in [-0.2, -0.15) is 5.10 Å². The summed E-state index contributed by atoms with van der Waals surface area (Å²) in [5.41, 5.74) is 0.962. The van der Waals surface area contributed by atoms with Gasteiger partial charge in [0.05, 0.1) is 33.9 Å². The predicted octanol–water partition coefficient (Wildman–Crippen LogP) is 2.68. The molecule has 0 aliphatic heterocycles. The third-order valence-corrected chi connectivity index (χ3v) is 5.29. The van der Waals surface area contributed by atoms with Crippen molar-refractivity contribution in [3.8, 4) is 5.69 Å². The fourth-order valence-corrected chi connectivity index (χ4v) is 3.67. The minimum atomic E-state index is -4.04. The molecule has 0 atom stereocenters. The number of methoxy groups -OCH3 is 1. The molecule has 3 rings (SSSR count). The Morgan fingerprint density at radius 1 is 1.17 bits per heavy atom. The summed E-state index contributed by atoms with van der Waals surface area (Å²) in [6.45, 7) is 1.68. The van der Waals surface area contributed by atoms with Crippen molar-refractivity contribution >= 4 is 27.5 Å². The van der Waals surface area contributed by atoms with Crippen molar-refractivity contribution < 1.29 is 22.9 Å². The molecule has 0 radical (unpaired) electrons. The van der Waals surface area contributed by atoms with Gasteiger partial charge >= 0.3 is 5.97 Å². The SMILES string of the molecule is COC(=O)c1cccc(S(=O)(=O)Nc2cc(C)nn2-c2ccc([N+](=O)[O-])cc2)c1. The number of anilines is 1. The molecular weight excluding hydrogens is 400 g/mol. The summed E-state index contributed by atoms with van der Waals surface area (Å²) in [6, 6.07) is 12.4. The molecule has 29 heavy (non-hydrogen) atoms. The molecule has 0 unspecified atom stereocenters. The normalized spacial score (nSPS) is 11.1. The van der Waals surface area contributed by atoms with Gasteiger partial charge in [0.15, 0.2) is 0 Å². The maximum Gasteiger partial charge on any atom is 0.337 e. The molecule has 0 bridgehead atoms. The molecule has 0 aliphatic carbocycles. The second-order valence-corrected chi connectivity index (χ2v) is 7.66. The molecule has 11 heteroatoms. The molecule has 0 saturated carbocycles. The lowest BCUT2D eigenvalue weighted by atomic mass is 10.2. The fourth-order valence-electron chi connectivity index (χ4n) is 2.59. The molecule has 1 heterocycles. The number of aromatic nitrogens is 2. The quantitative estimate of drug-likeness (QED) is 0.371. The minimum absolute atomic E-state index is 0.0930. The van der Waals surface area contributed by atoms with E-state index >= 15 is 0 Å². The molecule has 1 N–H and O–H groups in total. The number of benzene rings is 2. The van der Waals surface area contributed by atoms with Crippen LogP contribution in [0.3, 0.4) is 0 Å². The molecule has 1 aromatic heterocycles. The van der Waals surface area contributed by atoms with Crippen molar-refractivity contribution in [1.82, 2.24) is 9.78 Å². The van der Waals surface area contributed by atoms with Crippen molar-refractivity contribution in [2.75, 3.05) is 11.8 Å².